The van der Waals surface area contributed by atoms with E-state index in [0.717, 1.165) is 12.8 Å². The van der Waals surface area contributed by atoms with Crippen molar-refractivity contribution in [3.05, 3.63) is 67.2 Å². The monoisotopic (exact) mass is 493 g/mol. The van der Waals surface area contributed by atoms with Crippen LogP contribution in [0.3, 0.4) is 0 Å². The predicted octanol–water partition coefficient (Wildman–Crippen LogP) is 2.61. The first kappa shape index (κ1) is 22.9. The number of pyridine rings is 1. The van der Waals surface area contributed by atoms with Crippen LogP contribution in [0, 0.1) is 0 Å². The number of alkyl halides is 2. The number of nitrogens with zero attached hydrogens (tertiary/aromatic N) is 3. The molecule has 1 atom stereocenters. The Morgan fingerprint density at radius 2 is 1.88 bits per heavy atom. The van der Waals surface area contributed by atoms with Crippen molar-refractivity contribution in [3.63, 3.8) is 0 Å². The van der Waals surface area contributed by atoms with E-state index < -0.39 is 22.3 Å². The zero-order chi connectivity index (χ0) is 24.2. The highest BCUT2D eigenvalue weighted by molar-refractivity contribution is 6.24. The van der Waals surface area contributed by atoms with Crippen LogP contribution in [0.25, 0.3) is 0 Å². The molecular weight excluding hydrogens is 469 g/mol. The molecule has 3 heterocycles. The Morgan fingerprint density at radius 3 is 2.50 bits per heavy atom. The summed E-state index contributed by atoms with van der Waals surface area (Å²) in [6, 6.07) is -0.0603. The number of carboxylic acids is 1. The molecule has 2 aliphatic carbocycles. The Kier molecular flexibility index (Phi) is 5.68. The molecule has 5 rings (SSSR count). The highest BCUT2D eigenvalue weighted by atomic mass is 35.5. The summed E-state index contributed by atoms with van der Waals surface area (Å²) in [5.41, 5.74) is -0.605. The molecular formula is C23H25ClFN3O6. The first-order valence-corrected chi connectivity index (χ1v) is 11.8. The first-order chi connectivity index (χ1) is 16.2. The second-order valence-electron chi connectivity index (χ2n) is 8.93. The topological polar surface area (TPSA) is 109 Å². The van der Waals surface area contributed by atoms with Gasteiger partial charge in [-0.25, -0.2) is 14.0 Å². The van der Waals surface area contributed by atoms with E-state index >= 15 is 4.39 Å². The van der Waals surface area contributed by atoms with Crippen LogP contribution in [0.5, 0.6) is 0 Å². The van der Waals surface area contributed by atoms with Crippen molar-refractivity contribution < 1.29 is 23.1 Å². The van der Waals surface area contributed by atoms with Gasteiger partial charge in [-0.2, -0.15) is 0 Å². The Labute approximate surface area is 199 Å². The molecule has 11 heteroatoms. The molecule has 2 aromatic heterocycles. The lowest BCUT2D eigenvalue weighted by atomic mass is 9.93. The van der Waals surface area contributed by atoms with Crippen molar-refractivity contribution in [3.8, 4) is 0 Å². The second-order valence-corrected chi connectivity index (χ2v) is 9.45. The van der Waals surface area contributed by atoms with Crippen molar-refractivity contribution in [2.75, 3.05) is 26.2 Å². The number of aromatic carboxylic acids is 1. The molecule has 34 heavy (non-hydrogen) atoms. The summed E-state index contributed by atoms with van der Waals surface area (Å²) in [5.74, 6) is -1.01. The highest BCUT2D eigenvalue weighted by Crippen LogP contribution is 2.48. The smallest absolute Gasteiger partial charge is 0.477 e. The number of halogens is 2. The molecule has 9 nitrogen and oxygen atoms in total. The van der Waals surface area contributed by atoms with Crippen LogP contribution in [0.4, 0.5) is 4.39 Å². The number of hydrogen-bond acceptors (Lipinski definition) is 7. The molecule has 2 fully saturated rings. The predicted molar refractivity (Wildman–Crippen MR) is 120 cm³/mol. The number of aryl methyl sites for hydroxylation is 1. The molecule has 1 saturated heterocycles. The third-order valence-corrected chi connectivity index (χ3v) is 7.12. The Balaban J connectivity index is 1.38. The van der Waals surface area contributed by atoms with Crippen LogP contribution < -0.4 is 11.3 Å². The van der Waals surface area contributed by atoms with E-state index in [9.17, 15) is 19.5 Å². The van der Waals surface area contributed by atoms with Crippen LogP contribution >= 0.6 is 11.6 Å². The van der Waals surface area contributed by atoms with Crippen LogP contribution in [0.1, 0.15) is 58.9 Å². The van der Waals surface area contributed by atoms with Gasteiger partial charge in [0.15, 0.2) is 16.9 Å². The van der Waals surface area contributed by atoms with Gasteiger partial charge in [-0.05, 0) is 19.3 Å². The van der Waals surface area contributed by atoms with Crippen molar-refractivity contribution in [2.45, 2.75) is 50.3 Å². The summed E-state index contributed by atoms with van der Waals surface area (Å²) in [7, 11) is 0. The van der Waals surface area contributed by atoms with E-state index in [0.29, 0.717) is 50.7 Å². The maximum absolute atomic E-state index is 16.3. The first-order valence-electron chi connectivity index (χ1n) is 11.4. The van der Waals surface area contributed by atoms with E-state index in [2.05, 4.69) is 4.90 Å². The average Bonchev–Trinajstić information content (AvgIpc) is 3.57. The number of piperazine rings is 1. The van der Waals surface area contributed by atoms with E-state index in [1.165, 1.54) is 6.20 Å². The lowest BCUT2D eigenvalue weighted by Gasteiger charge is -2.42. The van der Waals surface area contributed by atoms with Crippen LogP contribution in [-0.4, -0.2) is 51.6 Å². The Hall–Kier alpha value is -2.85. The number of allylic oxidation sites excluding steroid dienone is 2. The number of fused-ring (bicyclic) bond motifs is 1. The number of aromatic nitrogens is 1. The lowest BCUT2D eigenvalue weighted by Crippen LogP contribution is -2.49. The zero-order valence-electron chi connectivity index (χ0n) is 18.7. The maximum Gasteiger partial charge on any atom is 0.519 e. The van der Waals surface area contributed by atoms with Gasteiger partial charge < -0.3 is 23.4 Å². The highest BCUT2D eigenvalue weighted by Gasteiger charge is 2.47. The fourth-order valence-corrected chi connectivity index (χ4v) is 5.28. The molecule has 0 aromatic carbocycles. The van der Waals surface area contributed by atoms with Gasteiger partial charge >= 0.3 is 11.8 Å². The zero-order valence-corrected chi connectivity index (χ0v) is 19.4. The van der Waals surface area contributed by atoms with Gasteiger partial charge in [-0.15, -0.1) is 0 Å². The summed E-state index contributed by atoms with van der Waals surface area (Å²) in [6.07, 6.45) is 5.07. The van der Waals surface area contributed by atoms with E-state index in [1.54, 1.807) is 10.6 Å². The van der Waals surface area contributed by atoms with Crippen molar-refractivity contribution in [1.29, 1.82) is 0 Å². The molecule has 1 N–H and O–H groups in total. The second kappa shape index (κ2) is 8.42. The van der Waals surface area contributed by atoms with Gasteiger partial charge in [0.2, 0.25) is 0 Å². The normalized spacial score (nSPS) is 23.0. The molecule has 1 aliphatic heterocycles. The van der Waals surface area contributed by atoms with E-state index in [4.69, 9.17) is 20.4 Å². The summed E-state index contributed by atoms with van der Waals surface area (Å²) >= 11 is 6.53. The molecule has 0 amide bonds. The van der Waals surface area contributed by atoms with Gasteiger partial charge in [-0.1, -0.05) is 24.6 Å². The largest absolute Gasteiger partial charge is 0.519 e. The minimum absolute atomic E-state index is 0.0550. The summed E-state index contributed by atoms with van der Waals surface area (Å²) in [4.78, 5) is 39.7. The Bertz CT molecular complexity index is 1280. The lowest BCUT2D eigenvalue weighted by molar-refractivity contribution is 0.0693. The molecule has 3 aliphatic rings. The summed E-state index contributed by atoms with van der Waals surface area (Å²) in [5, 5.41) is 7.00. The van der Waals surface area contributed by atoms with Crippen molar-refractivity contribution >= 4 is 17.6 Å². The third kappa shape index (κ3) is 3.88. The van der Waals surface area contributed by atoms with Crippen LogP contribution in [-0.2, 0) is 24.5 Å². The van der Waals surface area contributed by atoms with Gasteiger partial charge in [-0.3, -0.25) is 9.69 Å². The average molecular weight is 494 g/mol. The van der Waals surface area contributed by atoms with Gasteiger partial charge in [0.05, 0.1) is 17.9 Å². The van der Waals surface area contributed by atoms with E-state index in [-0.39, 0.29) is 35.0 Å². The maximum atomic E-state index is 16.3. The molecule has 0 bridgehead atoms. The fourth-order valence-electron chi connectivity index (χ4n) is 4.87. The molecule has 2 aromatic rings. The number of carboxylic acid groups (broad SMARTS) is 1. The SMILES string of the molecule is CCc1oc(=O)oc1CN1CCN(C2=CCc3c(n(C4CC4)cc(C(=O)O)c3=O)C2(F)Cl)CC1. The van der Waals surface area contributed by atoms with Gasteiger partial charge in [0, 0.05) is 50.4 Å². The molecule has 1 unspecified atom stereocenters. The molecule has 182 valence electrons. The summed E-state index contributed by atoms with van der Waals surface area (Å²) < 4.78 is 28.1. The minimum atomic E-state index is -2.44. The number of hydrogen-bond donors (Lipinski definition) is 1. The number of carbonyl (C=O) groups is 1. The number of rotatable bonds is 6. The molecule has 0 radical (unpaired) electrons. The third-order valence-electron chi connectivity index (χ3n) is 6.75. The molecule has 0 spiro atoms. The quantitative estimate of drug-likeness (QED) is 0.612. The Morgan fingerprint density at radius 1 is 1.21 bits per heavy atom. The standard InChI is InChI=1S/C23H25ClFN3O6/c1-2-16-17(34-22(32)33-16)12-26-7-9-27(10-8-26)18-6-5-14-19(29)15(21(30)31)11-28(13-3-4-13)20(14)23(18,24)25/h6,11,13H,2-5,7-10,12H2,1H3,(H,30,31). The van der Waals surface area contributed by atoms with Crippen molar-refractivity contribution in [1.82, 2.24) is 14.4 Å². The summed E-state index contributed by atoms with van der Waals surface area (Å²) in [6.45, 7) is 4.45. The van der Waals surface area contributed by atoms with Gasteiger partial charge in [0.1, 0.15) is 5.56 Å². The fraction of sp³-hybridized carbons (Fsp3) is 0.522. The van der Waals surface area contributed by atoms with Crippen molar-refractivity contribution in [2.24, 2.45) is 0 Å². The van der Waals surface area contributed by atoms with Crippen LogP contribution in [0.2, 0.25) is 0 Å². The van der Waals surface area contributed by atoms with Crippen LogP contribution in [0.15, 0.2) is 36.4 Å². The molecule has 1 saturated carbocycles. The minimum Gasteiger partial charge on any atom is -0.477 e. The van der Waals surface area contributed by atoms with Gasteiger partial charge in [0.25, 0.3) is 5.13 Å². The van der Waals surface area contributed by atoms with E-state index in [1.807, 2.05) is 11.8 Å².